The van der Waals surface area contributed by atoms with Gasteiger partial charge in [-0.1, -0.05) is 41.9 Å². The highest BCUT2D eigenvalue weighted by Crippen LogP contribution is 2.31. The van der Waals surface area contributed by atoms with Crippen molar-refractivity contribution >= 4 is 17.5 Å². The summed E-state index contributed by atoms with van der Waals surface area (Å²) < 4.78 is 1.66. The standard InChI is InChI=1S/C18H14ClN7/c1-20-18-21-11-15(16(22-18)12-6-5-7-13(19)10-12)17-23-24-25-26(17)14-8-3-2-4-9-14/h2-11H,1H3,(H,20,21,22). The summed E-state index contributed by atoms with van der Waals surface area (Å²) in [5.74, 6) is 1.05. The highest BCUT2D eigenvalue weighted by atomic mass is 35.5. The first-order valence-corrected chi connectivity index (χ1v) is 8.29. The fourth-order valence-corrected chi connectivity index (χ4v) is 2.81. The van der Waals surface area contributed by atoms with Crippen LogP contribution in [0.5, 0.6) is 0 Å². The fourth-order valence-electron chi connectivity index (χ4n) is 2.62. The summed E-state index contributed by atoms with van der Waals surface area (Å²) in [6.07, 6.45) is 1.71. The van der Waals surface area contributed by atoms with Gasteiger partial charge in [0.2, 0.25) is 5.95 Å². The molecular formula is C18H14ClN7. The van der Waals surface area contributed by atoms with Crippen LogP contribution in [0.4, 0.5) is 5.95 Å². The minimum Gasteiger partial charge on any atom is -0.357 e. The Bertz CT molecular complexity index is 1050. The molecule has 0 aliphatic carbocycles. The maximum Gasteiger partial charge on any atom is 0.222 e. The Morgan fingerprint density at radius 3 is 2.65 bits per heavy atom. The fraction of sp³-hybridized carbons (Fsp3) is 0.0556. The number of tetrazole rings is 1. The molecule has 0 spiro atoms. The number of hydrogen-bond donors (Lipinski definition) is 1. The lowest BCUT2D eigenvalue weighted by atomic mass is 10.1. The van der Waals surface area contributed by atoms with Gasteiger partial charge in [-0.2, -0.15) is 4.68 Å². The first-order valence-electron chi connectivity index (χ1n) is 7.91. The van der Waals surface area contributed by atoms with Gasteiger partial charge < -0.3 is 5.32 Å². The zero-order valence-corrected chi connectivity index (χ0v) is 14.6. The van der Waals surface area contributed by atoms with E-state index in [1.54, 1.807) is 17.9 Å². The van der Waals surface area contributed by atoms with E-state index in [0.717, 1.165) is 11.3 Å². The number of nitrogens with zero attached hydrogens (tertiary/aromatic N) is 6. The Labute approximate surface area is 154 Å². The van der Waals surface area contributed by atoms with Gasteiger partial charge in [-0.05, 0) is 34.7 Å². The van der Waals surface area contributed by atoms with E-state index in [1.165, 1.54) is 0 Å². The van der Waals surface area contributed by atoms with Crippen LogP contribution in [-0.2, 0) is 0 Å². The van der Waals surface area contributed by atoms with Crippen molar-refractivity contribution in [1.29, 1.82) is 0 Å². The zero-order chi connectivity index (χ0) is 17.9. The van der Waals surface area contributed by atoms with Crippen molar-refractivity contribution in [1.82, 2.24) is 30.2 Å². The number of rotatable bonds is 4. The minimum atomic E-state index is 0.502. The summed E-state index contributed by atoms with van der Waals surface area (Å²) in [4.78, 5) is 8.94. The van der Waals surface area contributed by atoms with E-state index in [0.29, 0.717) is 28.1 Å². The van der Waals surface area contributed by atoms with E-state index in [-0.39, 0.29) is 0 Å². The Kier molecular flexibility index (Phi) is 4.28. The van der Waals surface area contributed by atoms with E-state index in [2.05, 4.69) is 30.8 Å². The molecule has 4 rings (SSSR count). The van der Waals surface area contributed by atoms with E-state index in [9.17, 15) is 0 Å². The number of para-hydroxylation sites is 1. The molecule has 0 aliphatic rings. The van der Waals surface area contributed by atoms with Crippen molar-refractivity contribution < 1.29 is 0 Å². The first-order chi connectivity index (χ1) is 12.8. The minimum absolute atomic E-state index is 0.502. The molecule has 0 unspecified atom stereocenters. The van der Waals surface area contributed by atoms with Gasteiger partial charge in [0, 0.05) is 23.8 Å². The van der Waals surface area contributed by atoms with Crippen LogP contribution >= 0.6 is 11.6 Å². The maximum absolute atomic E-state index is 6.17. The van der Waals surface area contributed by atoms with E-state index in [1.807, 2.05) is 54.6 Å². The third-order valence-electron chi connectivity index (χ3n) is 3.82. The number of hydrogen-bond acceptors (Lipinski definition) is 6. The number of nitrogens with one attached hydrogen (secondary N) is 1. The topological polar surface area (TPSA) is 81.4 Å². The number of aromatic nitrogens is 6. The lowest BCUT2D eigenvalue weighted by molar-refractivity contribution is 0.791. The molecule has 0 fully saturated rings. The van der Waals surface area contributed by atoms with Crippen molar-refractivity contribution in [2.24, 2.45) is 0 Å². The largest absolute Gasteiger partial charge is 0.357 e. The van der Waals surface area contributed by atoms with Gasteiger partial charge in [0.05, 0.1) is 16.9 Å². The lowest BCUT2D eigenvalue weighted by Crippen LogP contribution is -2.04. The zero-order valence-electron chi connectivity index (χ0n) is 13.8. The second-order valence-corrected chi connectivity index (χ2v) is 5.90. The average Bonchev–Trinajstić information content (AvgIpc) is 3.18. The predicted molar refractivity (Wildman–Crippen MR) is 100 cm³/mol. The van der Waals surface area contributed by atoms with Gasteiger partial charge in [-0.15, -0.1) is 5.10 Å². The monoisotopic (exact) mass is 363 g/mol. The molecule has 0 atom stereocenters. The molecule has 7 nitrogen and oxygen atoms in total. The number of anilines is 1. The Hall–Kier alpha value is -3.32. The lowest BCUT2D eigenvalue weighted by Gasteiger charge is -2.11. The van der Waals surface area contributed by atoms with E-state index in [4.69, 9.17) is 11.6 Å². The molecular weight excluding hydrogens is 350 g/mol. The molecule has 128 valence electrons. The Morgan fingerprint density at radius 2 is 1.88 bits per heavy atom. The van der Waals surface area contributed by atoms with Crippen molar-refractivity contribution in [2.45, 2.75) is 0 Å². The molecule has 2 heterocycles. The molecule has 0 aliphatic heterocycles. The number of halogens is 1. The van der Waals surface area contributed by atoms with Crippen molar-refractivity contribution in [3.05, 3.63) is 65.8 Å². The molecule has 0 saturated heterocycles. The molecule has 8 heteroatoms. The highest BCUT2D eigenvalue weighted by Gasteiger charge is 2.18. The molecule has 26 heavy (non-hydrogen) atoms. The van der Waals surface area contributed by atoms with Gasteiger partial charge in [-0.3, -0.25) is 0 Å². The molecule has 0 bridgehead atoms. The Morgan fingerprint density at radius 1 is 1.04 bits per heavy atom. The van der Waals surface area contributed by atoms with Crippen LogP contribution in [0.15, 0.2) is 60.8 Å². The third kappa shape index (κ3) is 3.00. The van der Waals surface area contributed by atoms with Crippen molar-refractivity contribution in [3.8, 4) is 28.3 Å². The van der Waals surface area contributed by atoms with Crippen molar-refractivity contribution in [2.75, 3.05) is 12.4 Å². The van der Waals surface area contributed by atoms with E-state index >= 15 is 0 Å². The molecule has 0 radical (unpaired) electrons. The van der Waals surface area contributed by atoms with Crippen LogP contribution < -0.4 is 5.32 Å². The normalized spacial score (nSPS) is 10.7. The summed E-state index contributed by atoms with van der Waals surface area (Å²) in [6.45, 7) is 0. The van der Waals surface area contributed by atoms with Crippen LogP contribution in [0.25, 0.3) is 28.3 Å². The van der Waals surface area contributed by atoms with Gasteiger partial charge in [0.1, 0.15) is 0 Å². The molecule has 2 aromatic heterocycles. The quantitative estimate of drug-likeness (QED) is 0.597. The van der Waals surface area contributed by atoms with Crippen LogP contribution in [0.2, 0.25) is 5.02 Å². The first kappa shape index (κ1) is 16.2. The van der Waals surface area contributed by atoms with Crippen LogP contribution in [0, 0.1) is 0 Å². The summed E-state index contributed by atoms with van der Waals surface area (Å²) in [5, 5.41) is 15.7. The average molecular weight is 364 g/mol. The second kappa shape index (κ2) is 6.89. The summed E-state index contributed by atoms with van der Waals surface area (Å²) in [7, 11) is 1.77. The molecule has 1 N–H and O–H groups in total. The van der Waals surface area contributed by atoms with Crippen LogP contribution in [0.3, 0.4) is 0 Å². The second-order valence-electron chi connectivity index (χ2n) is 5.47. The number of benzene rings is 2. The van der Waals surface area contributed by atoms with Crippen LogP contribution in [0.1, 0.15) is 0 Å². The molecule has 0 amide bonds. The van der Waals surface area contributed by atoms with Gasteiger partial charge in [-0.25, -0.2) is 9.97 Å². The van der Waals surface area contributed by atoms with Crippen LogP contribution in [-0.4, -0.2) is 37.2 Å². The molecule has 0 saturated carbocycles. The predicted octanol–water partition coefficient (Wildman–Crippen LogP) is 3.48. The smallest absolute Gasteiger partial charge is 0.222 e. The SMILES string of the molecule is CNc1ncc(-c2nnnn2-c2ccccc2)c(-c2cccc(Cl)c2)n1. The van der Waals surface area contributed by atoms with Gasteiger partial charge in [0.25, 0.3) is 0 Å². The summed E-state index contributed by atoms with van der Waals surface area (Å²) in [6, 6.07) is 17.1. The summed E-state index contributed by atoms with van der Waals surface area (Å²) in [5.41, 5.74) is 3.11. The van der Waals surface area contributed by atoms with Gasteiger partial charge in [0.15, 0.2) is 5.82 Å². The van der Waals surface area contributed by atoms with Crippen molar-refractivity contribution in [3.63, 3.8) is 0 Å². The molecule has 2 aromatic carbocycles. The van der Waals surface area contributed by atoms with E-state index < -0.39 is 0 Å². The molecule has 4 aromatic rings. The third-order valence-corrected chi connectivity index (χ3v) is 4.06. The van der Waals surface area contributed by atoms with Gasteiger partial charge >= 0.3 is 0 Å². The Balaban J connectivity index is 1.92. The summed E-state index contributed by atoms with van der Waals surface area (Å²) >= 11 is 6.17. The maximum atomic E-state index is 6.17. The highest BCUT2D eigenvalue weighted by molar-refractivity contribution is 6.30.